The third kappa shape index (κ3) is 5.69. The lowest BCUT2D eigenvalue weighted by Gasteiger charge is -2.14. The maximum Gasteiger partial charge on any atom is 0.266 e. The van der Waals surface area contributed by atoms with E-state index in [-0.39, 0.29) is 21.5 Å². The quantitative estimate of drug-likeness (QED) is 0.478. The third-order valence-electron chi connectivity index (χ3n) is 3.78. The first-order valence-corrected chi connectivity index (χ1v) is 11.7. The van der Waals surface area contributed by atoms with E-state index in [9.17, 15) is 21.6 Å². The van der Waals surface area contributed by atoms with Crippen molar-refractivity contribution in [3.63, 3.8) is 0 Å². The Morgan fingerprint density at radius 3 is 2.13 bits per heavy atom. The number of sulfonamides is 2. The van der Waals surface area contributed by atoms with Crippen LogP contribution in [0.15, 0.2) is 52.3 Å². The van der Waals surface area contributed by atoms with Gasteiger partial charge in [0.2, 0.25) is 10.0 Å². The number of rotatable bonds is 9. The van der Waals surface area contributed by atoms with Gasteiger partial charge in [0.15, 0.2) is 11.5 Å². The Hall–Kier alpha value is -2.67. The number of amides is 1. The minimum atomic E-state index is -4.22. The standard InChI is InChI=1S/C18H23N3O7S2/c1-12(2)28-16-9-8-13(10-17(16)27-4)18(22)20-21-30(25,26)15-7-5-6-14(11-15)29(23,24)19-3/h5-12,19,21H,1-4H3,(H,20,22). The SMILES string of the molecule is CNS(=O)(=O)c1cccc(S(=O)(=O)NNC(=O)c2ccc(OC(C)C)c(OC)c2)c1. The molecule has 0 atom stereocenters. The van der Waals surface area contributed by atoms with Gasteiger partial charge in [0, 0.05) is 5.56 Å². The number of hydrogen-bond acceptors (Lipinski definition) is 7. The van der Waals surface area contributed by atoms with E-state index in [4.69, 9.17) is 9.47 Å². The van der Waals surface area contributed by atoms with Crippen LogP contribution in [0.25, 0.3) is 0 Å². The van der Waals surface area contributed by atoms with Crippen LogP contribution in [0.5, 0.6) is 11.5 Å². The molecule has 12 heteroatoms. The van der Waals surface area contributed by atoms with Gasteiger partial charge in [-0.25, -0.2) is 21.6 Å². The summed E-state index contributed by atoms with van der Waals surface area (Å²) in [6.07, 6.45) is -0.104. The number of hydrazine groups is 1. The Morgan fingerprint density at radius 2 is 1.57 bits per heavy atom. The summed E-state index contributed by atoms with van der Waals surface area (Å²) in [6, 6.07) is 9.08. The number of carbonyl (C=O) groups excluding carboxylic acids is 1. The number of hydrogen-bond donors (Lipinski definition) is 3. The number of methoxy groups -OCH3 is 1. The van der Waals surface area contributed by atoms with E-state index in [1.54, 1.807) is 0 Å². The molecule has 0 radical (unpaired) electrons. The van der Waals surface area contributed by atoms with Crippen molar-refractivity contribution in [2.24, 2.45) is 0 Å². The largest absolute Gasteiger partial charge is 0.493 e. The van der Waals surface area contributed by atoms with Gasteiger partial charge >= 0.3 is 0 Å². The predicted octanol–water partition coefficient (Wildman–Crippen LogP) is 1.01. The van der Waals surface area contributed by atoms with Crippen LogP contribution in [0.3, 0.4) is 0 Å². The molecule has 30 heavy (non-hydrogen) atoms. The van der Waals surface area contributed by atoms with Crippen molar-refractivity contribution in [1.82, 2.24) is 15.0 Å². The van der Waals surface area contributed by atoms with Crippen LogP contribution in [0.4, 0.5) is 0 Å². The van der Waals surface area contributed by atoms with Gasteiger partial charge in [-0.3, -0.25) is 10.2 Å². The maximum atomic E-state index is 12.4. The molecule has 0 saturated heterocycles. The van der Waals surface area contributed by atoms with Gasteiger partial charge in [0.05, 0.1) is 23.0 Å². The molecule has 0 aromatic heterocycles. The molecule has 2 rings (SSSR count). The normalized spacial score (nSPS) is 11.9. The monoisotopic (exact) mass is 457 g/mol. The minimum absolute atomic E-state index is 0.104. The Labute approximate surface area is 175 Å². The summed E-state index contributed by atoms with van der Waals surface area (Å²) in [5.74, 6) is 0.00309. The average molecular weight is 458 g/mol. The molecule has 2 aromatic carbocycles. The van der Waals surface area contributed by atoms with Gasteiger partial charge < -0.3 is 9.47 Å². The molecular formula is C18H23N3O7S2. The van der Waals surface area contributed by atoms with Crippen molar-refractivity contribution in [2.45, 2.75) is 29.7 Å². The Morgan fingerprint density at radius 1 is 0.933 bits per heavy atom. The van der Waals surface area contributed by atoms with Crippen molar-refractivity contribution in [3.8, 4) is 11.5 Å². The van der Waals surface area contributed by atoms with E-state index in [1.807, 2.05) is 18.7 Å². The van der Waals surface area contributed by atoms with E-state index in [2.05, 4.69) is 10.1 Å². The van der Waals surface area contributed by atoms with Crippen LogP contribution in [-0.2, 0) is 20.0 Å². The summed E-state index contributed by atoms with van der Waals surface area (Å²) in [6.45, 7) is 3.68. The fraction of sp³-hybridized carbons (Fsp3) is 0.278. The summed E-state index contributed by atoms with van der Waals surface area (Å²) in [4.78, 5) is 13.7. The van der Waals surface area contributed by atoms with E-state index in [0.29, 0.717) is 11.5 Å². The molecule has 0 spiro atoms. The van der Waals surface area contributed by atoms with Gasteiger partial charge in [0.25, 0.3) is 15.9 Å². The molecule has 1 amide bonds. The lowest BCUT2D eigenvalue weighted by Crippen LogP contribution is -2.41. The zero-order valence-corrected chi connectivity index (χ0v) is 18.4. The number of nitrogens with one attached hydrogen (secondary N) is 3. The van der Waals surface area contributed by atoms with Gasteiger partial charge in [-0.2, -0.15) is 0 Å². The van der Waals surface area contributed by atoms with Crippen LogP contribution in [0, 0.1) is 0 Å². The van der Waals surface area contributed by atoms with Crippen LogP contribution in [0.1, 0.15) is 24.2 Å². The second kappa shape index (κ2) is 9.43. The molecule has 0 unspecified atom stereocenters. The van der Waals surface area contributed by atoms with Crippen molar-refractivity contribution in [3.05, 3.63) is 48.0 Å². The Kier molecular flexibility index (Phi) is 7.42. The summed E-state index contributed by atoms with van der Waals surface area (Å²) in [5.41, 5.74) is 2.21. The third-order valence-corrected chi connectivity index (χ3v) is 6.44. The molecule has 0 bridgehead atoms. The highest BCUT2D eigenvalue weighted by atomic mass is 32.2. The molecule has 3 N–H and O–H groups in total. The smallest absolute Gasteiger partial charge is 0.266 e. The second-order valence-corrected chi connectivity index (χ2v) is 9.84. The summed E-state index contributed by atoms with van der Waals surface area (Å²) < 4.78 is 61.5. The molecule has 0 heterocycles. The molecule has 0 aliphatic carbocycles. The molecule has 0 aliphatic rings. The van der Waals surface area contributed by atoms with Crippen LogP contribution in [-0.4, -0.2) is 43.0 Å². The Bertz CT molecular complexity index is 1130. The van der Waals surface area contributed by atoms with Crippen LogP contribution in [0.2, 0.25) is 0 Å². The van der Waals surface area contributed by atoms with Crippen molar-refractivity contribution in [2.75, 3.05) is 14.2 Å². The van der Waals surface area contributed by atoms with Crippen molar-refractivity contribution >= 4 is 26.0 Å². The van der Waals surface area contributed by atoms with Crippen molar-refractivity contribution < 1.29 is 31.1 Å². The molecule has 0 saturated carbocycles. The highest BCUT2D eigenvalue weighted by molar-refractivity contribution is 7.90. The average Bonchev–Trinajstić information content (AvgIpc) is 2.72. The first-order valence-electron chi connectivity index (χ1n) is 8.70. The van der Waals surface area contributed by atoms with E-state index < -0.39 is 26.0 Å². The molecular weight excluding hydrogens is 434 g/mol. The number of ether oxygens (including phenoxy) is 2. The maximum absolute atomic E-state index is 12.4. The molecule has 2 aromatic rings. The molecule has 10 nitrogen and oxygen atoms in total. The predicted molar refractivity (Wildman–Crippen MR) is 109 cm³/mol. The summed E-state index contributed by atoms with van der Waals surface area (Å²) in [5, 5.41) is 0. The first kappa shape index (κ1) is 23.6. The zero-order chi connectivity index (χ0) is 22.5. The minimum Gasteiger partial charge on any atom is -0.493 e. The fourth-order valence-electron chi connectivity index (χ4n) is 2.33. The fourth-order valence-corrected chi connectivity index (χ4v) is 4.07. The second-order valence-electron chi connectivity index (χ2n) is 6.27. The number of benzene rings is 2. The highest BCUT2D eigenvalue weighted by Gasteiger charge is 2.20. The molecule has 164 valence electrons. The van der Waals surface area contributed by atoms with E-state index >= 15 is 0 Å². The van der Waals surface area contributed by atoms with Gasteiger partial charge in [-0.1, -0.05) is 6.07 Å². The summed E-state index contributed by atoms with van der Waals surface area (Å²) >= 11 is 0. The highest BCUT2D eigenvalue weighted by Crippen LogP contribution is 2.29. The van der Waals surface area contributed by atoms with E-state index in [1.165, 1.54) is 50.6 Å². The van der Waals surface area contributed by atoms with E-state index in [0.717, 1.165) is 6.07 Å². The van der Waals surface area contributed by atoms with Gasteiger partial charge in [-0.15, -0.1) is 4.83 Å². The Balaban J connectivity index is 2.18. The topological polar surface area (TPSA) is 140 Å². The molecule has 0 fully saturated rings. The van der Waals surface area contributed by atoms with Crippen LogP contribution < -0.4 is 24.5 Å². The zero-order valence-electron chi connectivity index (χ0n) is 16.8. The lowest BCUT2D eigenvalue weighted by atomic mass is 10.2. The first-order chi connectivity index (χ1) is 14.0. The van der Waals surface area contributed by atoms with Crippen molar-refractivity contribution in [1.29, 1.82) is 0 Å². The lowest BCUT2D eigenvalue weighted by molar-refractivity contribution is 0.0944. The summed E-state index contributed by atoms with van der Waals surface area (Å²) in [7, 11) is -5.43. The van der Waals surface area contributed by atoms with Crippen LogP contribution >= 0.6 is 0 Å². The number of carbonyl (C=O) groups is 1. The van der Waals surface area contributed by atoms with Gasteiger partial charge in [0.1, 0.15) is 0 Å². The van der Waals surface area contributed by atoms with Gasteiger partial charge in [-0.05, 0) is 57.3 Å². The molecule has 0 aliphatic heterocycles.